The molecule has 5 nitrogen and oxygen atoms in total. The van der Waals surface area contributed by atoms with Gasteiger partial charge in [0.2, 0.25) is 0 Å². The number of nitrogens with zero attached hydrogens (tertiary/aromatic N) is 1. The van der Waals surface area contributed by atoms with Crippen LogP contribution in [-0.4, -0.2) is 31.1 Å². The summed E-state index contributed by atoms with van der Waals surface area (Å²) in [6.07, 6.45) is -0.619. The molecule has 0 N–H and O–H groups in total. The number of rotatable bonds is 10. The van der Waals surface area contributed by atoms with Crippen molar-refractivity contribution in [3.63, 3.8) is 0 Å². The normalized spacial score (nSPS) is 11.7. The molecule has 0 aromatic heterocycles. The molecule has 0 spiro atoms. The van der Waals surface area contributed by atoms with Gasteiger partial charge < -0.3 is 19.1 Å². The quantitative estimate of drug-likeness (QED) is 0.393. The second-order valence-corrected chi connectivity index (χ2v) is 8.37. The Morgan fingerprint density at radius 2 is 1.12 bits per heavy atom. The summed E-state index contributed by atoms with van der Waals surface area (Å²) in [4.78, 5) is 15.2. The average molecular weight is 448 g/mol. The van der Waals surface area contributed by atoms with Crippen molar-refractivity contribution < 1.29 is 19.0 Å². The van der Waals surface area contributed by atoms with E-state index in [1.165, 1.54) is 5.56 Å². The fourth-order valence-corrected chi connectivity index (χ4v) is 3.56. The number of amides is 1. The lowest BCUT2D eigenvalue weighted by molar-refractivity contribution is -0.139. The summed E-state index contributed by atoms with van der Waals surface area (Å²) in [7, 11) is 3.28. The van der Waals surface area contributed by atoms with Crippen LogP contribution in [0.25, 0.3) is 0 Å². The fraction of sp³-hybridized carbons (Fsp3) is 0.321. The second kappa shape index (κ2) is 11.4. The first-order valence-electron chi connectivity index (χ1n) is 11.2. The van der Waals surface area contributed by atoms with E-state index in [0.717, 1.165) is 22.6 Å². The summed E-state index contributed by atoms with van der Waals surface area (Å²) in [6.45, 7) is 7.04. The topological polar surface area (TPSA) is 48.0 Å². The van der Waals surface area contributed by atoms with E-state index in [-0.39, 0.29) is 5.91 Å². The van der Waals surface area contributed by atoms with Crippen LogP contribution < -0.4 is 14.2 Å². The minimum atomic E-state index is -0.619. The minimum absolute atomic E-state index is 0.0745. The van der Waals surface area contributed by atoms with E-state index in [1.54, 1.807) is 21.1 Å². The van der Waals surface area contributed by atoms with Crippen molar-refractivity contribution in [3.05, 3.63) is 89.5 Å². The van der Waals surface area contributed by atoms with Crippen molar-refractivity contribution in [2.45, 2.75) is 45.9 Å². The zero-order chi connectivity index (χ0) is 23.8. The van der Waals surface area contributed by atoms with Crippen molar-refractivity contribution >= 4 is 5.91 Å². The van der Waals surface area contributed by atoms with E-state index in [2.05, 4.69) is 13.8 Å². The maximum Gasteiger partial charge on any atom is 0.263 e. The molecule has 33 heavy (non-hydrogen) atoms. The molecule has 174 valence electrons. The highest BCUT2D eigenvalue weighted by Gasteiger charge is 2.23. The van der Waals surface area contributed by atoms with Gasteiger partial charge in [-0.15, -0.1) is 0 Å². The number of benzene rings is 3. The van der Waals surface area contributed by atoms with Gasteiger partial charge in [0.1, 0.15) is 17.2 Å². The van der Waals surface area contributed by atoms with Gasteiger partial charge in [-0.3, -0.25) is 4.79 Å². The molecule has 0 saturated carbocycles. The molecule has 0 bridgehead atoms. The highest BCUT2D eigenvalue weighted by Crippen LogP contribution is 2.21. The molecule has 0 aliphatic heterocycles. The fourth-order valence-electron chi connectivity index (χ4n) is 3.56. The molecule has 0 aliphatic carbocycles. The first kappa shape index (κ1) is 24.2. The Balaban J connectivity index is 1.76. The van der Waals surface area contributed by atoms with Crippen LogP contribution in [0.5, 0.6) is 17.2 Å². The number of carbonyl (C=O) groups is 1. The number of ether oxygens (including phenoxy) is 3. The molecule has 0 saturated heterocycles. The maximum absolute atomic E-state index is 13.4. The van der Waals surface area contributed by atoms with Crippen LogP contribution >= 0.6 is 0 Å². The largest absolute Gasteiger partial charge is 0.497 e. The Kier molecular flexibility index (Phi) is 8.36. The van der Waals surface area contributed by atoms with E-state index in [4.69, 9.17) is 14.2 Å². The molecule has 3 rings (SSSR count). The van der Waals surface area contributed by atoms with Crippen LogP contribution in [0.4, 0.5) is 0 Å². The zero-order valence-electron chi connectivity index (χ0n) is 20.1. The third-order valence-electron chi connectivity index (χ3n) is 5.58. The lowest BCUT2D eigenvalue weighted by Gasteiger charge is -2.27. The summed E-state index contributed by atoms with van der Waals surface area (Å²) in [5.74, 6) is 2.63. The van der Waals surface area contributed by atoms with Crippen LogP contribution in [-0.2, 0) is 17.9 Å². The first-order valence-corrected chi connectivity index (χ1v) is 11.2. The predicted octanol–water partition coefficient (Wildman–Crippen LogP) is 5.82. The van der Waals surface area contributed by atoms with Crippen molar-refractivity contribution in [1.82, 2.24) is 4.90 Å². The smallest absolute Gasteiger partial charge is 0.263 e. The van der Waals surface area contributed by atoms with Crippen molar-refractivity contribution in [1.29, 1.82) is 0 Å². The molecular weight excluding hydrogens is 414 g/mol. The predicted molar refractivity (Wildman–Crippen MR) is 131 cm³/mol. The Morgan fingerprint density at radius 1 is 0.697 bits per heavy atom. The van der Waals surface area contributed by atoms with E-state index in [0.29, 0.717) is 24.8 Å². The van der Waals surface area contributed by atoms with Crippen LogP contribution in [0.15, 0.2) is 72.8 Å². The highest BCUT2D eigenvalue weighted by molar-refractivity contribution is 5.81. The molecule has 3 aromatic rings. The van der Waals surface area contributed by atoms with Gasteiger partial charge in [0.05, 0.1) is 14.2 Å². The Labute approximate surface area is 196 Å². The van der Waals surface area contributed by atoms with Crippen LogP contribution in [0.3, 0.4) is 0 Å². The molecule has 0 aliphatic rings. The number of carbonyl (C=O) groups excluding carboxylic acids is 1. The number of methoxy groups -OCH3 is 2. The van der Waals surface area contributed by atoms with Gasteiger partial charge in [-0.25, -0.2) is 0 Å². The third kappa shape index (κ3) is 6.75. The summed E-state index contributed by atoms with van der Waals surface area (Å²) in [5, 5.41) is 0. The average Bonchev–Trinajstić information content (AvgIpc) is 2.84. The standard InChI is InChI=1S/C28H33NO4/c1-20(2)24-10-16-27(17-11-24)33-21(3)28(30)29(18-22-6-12-25(31-4)13-7-22)19-23-8-14-26(32-5)15-9-23/h6-17,20-21H,18-19H2,1-5H3. The SMILES string of the molecule is COc1ccc(CN(Cc2ccc(OC)cc2)C(=O)C(C)Oc2ccc(C(C)C)cc2)cc1. The van der Waals surface area contributed by atoms with Crippen molar-refractivity contribution in [2.24, 2.45) is 0 Å². The lowest BCUT2D eigenvalue weighted by Crippen LogP contribution is -2.39. The molecule has 0 radical (unpaired) electrons. The molecular formula is C28H33NO4. The number of hydrogen-bond acceptors (Lipinski definition) is 4. The maximum atomic E-state index is 13.4. The molecule has 1 unspecified atom stereocenters. The van der Waals surface area contributed by atoms with E-state index < -0.39 is 6.10 Å². The van der Waals surface area contributed by atoms with Crippen LogP contribution in [0.1, 0.15) is 43.4 Å². The molecule has 5 heteroatoms. The highest BCUT2D eigenvalue weighted by atomic mass is 16.5. The molecule has 3 aromatic carbocycles. The van der Waals surface area contributed by atoms with Gasteiger partial charge >= 0.3 is 0 Å². The summed E-state index contributed by atoms with van der Waals surface area (Å²) < 4.78 is 16.5. The van der Waals surface area contributed by atoms with Crippen molar-refractivity contribution in [3.8, 4) is 17.2 Å². The Morgan fingerprint density at radius 3 is 1.52 bits per heavy atom. The Hall–Kier alpha value is -3.47. The monoisotopic (exact) mass is 447 g/mol. The van der Waals surface area contributed by atoms with Gasteiger partial charge in [0.15, 0.2) is 6.10 Å². The van der Waals surface area contributed by atoms with Gasteiger partial charge in [-0.05, 0) is 65.9 Å². The molecule has 1 amide bonds. The van der Waals surface area contributed by atoms with Crippen molar-refractivity contribution in [2.75, 3.05) is 14.2 Å². The summed E-state index contributed by atoms with van der Waals surface area (Å²) in [6, 6.07) is 23.5. The summed E-state index contributed by atoms with van der Waals surface area (Å²) >= 11 is 0. The van der Waals surface area contributed by atoms with Gasteiger partial charge in [0.25, 0.3) is 5.91 Å². The summed E-state index contributed by atoms with van der Waals surface area (Å²) in [5.41, 5.74) is 3.28. The van der Waals surface area contributed by atoms with Gasteiger partial charge in [-0.2, -0.15) is 0 Å². The van der Waals surface area contributed by atoms with Crippen LogP contribution in [0.2, 0.25) is 0 Å². The number of hydrogen-bond donors (Lipinski definition) is 0. The molecule has 0 heterocycles. The van der Waals surface area contributed by atoms with E-state index >= 15 is 0 Å². The zero-order valence-corrected chi connectivity index (χ0v) is 20.1. The Bertz CT molecular complexity index is 962. The lowest BCUT2D eigenvalue weighted by atomic mass is 10.0. The molecule has 1 atom stereocenters. The molecule has 0 fully saturated rings. The van der Waals surface area contributed by atoms with E-state index in [9.17, 15) is 4.79 Å². The first-order chi connectivity index (χ1) is 15.9. The second-order valence-electron chi connectivity index (χ2n) is 8.37. The minimum Gasteiger partial charge on any atom is -0.497 e. The van der Waals surface area contributed by atoms with Gasteiger partial charge in [-0.1, -0.05) is 50.2 Å². The van der Waals surface area contributed by atoms with Crippen LogP contribution in [0, 0.1) is 0 Å². The third-order valence-corrected chi connectivity index (χ3v) is 5.58. The van der Waals surface area contributed by atoms with Gasteiger partial charge in [0, 0.05) is 13.1 Å². The van der Waals surface area contributed by atoms with E-state index in [1.807, 2.05) is 77.7 Å².